The molecule has 0 spiro atoms. The minimum atomic E-state index is -0.616. The van der Waals surface area contributed by atoms with Crippen molar-refractivity contribution in [2.24, 2.45) is 0 Å². The summed E-state index contributed by atoms with van der Waals surface area (Å²) in [4.78, 5) is 25.9. The zero-order valence-corrected chi connectivity index (χ0v) is 11.9. The molecule has 1 fully saturated rings. The second-order valence-corrected chi connectivity index (χ2v) is 5.10. The number of halogens is 1. The zero-order chi connectivity index (χ0) is 15.7. The molecule has 0 bridgehead atoms. The van der Waals surface area contributed by atoms with Crippen LogP contribution in [0.25, 0.3) is 0 Å². The van der Waals surface area contributed by atoms with Crippen molar-refractivity contribution in [1.29, 1.82) is 0 Å². The van der Waals surface area contributed by atoms with E-state index in [1.165, 1.54) is 23.1 Å². The van der Waals surface area contributed by atoms with Gasteiger partial charge in [-0.1, -0.05) is 5.16 Å². The Kier molecular flexibility index (Phi) is 3.62. The zero-order valence-electron chi connectivity index (χ0n) is 11.9. The Morgan fingerprint density at radius 1 is 1.41 bits per heavy atom. The van der Waals surface area contributed by atoms with Gasteiger partial charge in [0.2, 0.25) is 5.91 Å². The second-order valence-electron chi connectivity index (χ2n) is 5.10. The first kappa shape index (κ1) is 14.2. The Morgan fingerprint density at radius 3 is 2.77 bits per heavy atom. The molecular weight excluding hydrogens is 289 g/mol. The van der Waals surface area contributed by atoms with Crippen molar-refractivity contribution < 1.29 is 18.5 Å². The molecular formula is C15H14FN3O3. The quantitative estimate of drug-likeness (QED) is 0.935. The van der Waals surface area contributed by atoms with Gasteiger partial charge in [-0.2, -0.15) is 0 Å². The van der Waals surface area contributed by atoms with Crippen molar-refractivity contribution in [3.05, 3.63) is 47.6 Å². The maximum Gasteiger partial charge on any atom is 0.274 e. The highest BCUT2D eigenvalue weighted by atomic mass is 19.1. The number of nitrogens with zero attached hydrogens (tertiary/aromatic N) is 2. The molecule has 1 aliphatic rings. The summed E-state index contributed by atoms with van der Waals surface area (Å²) in [6, 6.07) is 6.57. The Bertz CT molecular complexity index is 711. The molecule has 2 heterocycles. The van der Waals surface area contributed by atoms with Gasteiger partial charge in [0.05, 0.1) is 0 Å². The lowest BCUT2D eigenvalue weighted by Gasteiger charge is -2.17. The van der Waals surface area contributed by atoms with Crippen LogP contribution in [0.2, 0.25) is 0 Å². The first-order chi connectivity index (χ1) is 10.5. The molecule has 1 atom stereocenters. The van der Waals surface area contributed by atoms with E-state index in [4.69, 9.17) is 4.52 Å². The van der Waals surface area contributed by atoms with Crippen LogP contribution in [0.15, 0.2) is 34.9 Å². The van der Waals surface area contributed by atoms with Gasteiger partial charge < -0.3 is 14.7 Å². The average Bonchev–Trinajstić information content (AvgIpc) is 3.08. The number of rotatable bonds is 3. The van der Waals surface area contributed by atoms with E-state index in [-0.39, 0.29) is 17.4 Å². The lowest BCUT2D eigenvalue weighted by molar-refractivity contribution is -0.118. The topological polar surface area (TPSA) is 75.4 Å². The van der Waals surface area contributed by atoms with Gasteiger partial charge in [0, 0.05) is 18.3 Å². The van der Waals surface area contributed by atoms with E-state index in [9.17, 15) is 14.0 Å². The van der Waals surface area contributed by atoms with Crippen LogP contribution in [0.4, 0.5) is 10.1 Å². The molecule has 0 saturated carbocycles. The summed E-state index contributed by atoms with van der Waals surface area (Å²) < 4.78 is 17.8. The molecule has 0 radical (unpaired) electrons. The van der Waals surface area contributed by atoms with Gasteiger partial charge in [0.15, 0.2) is 5.69 Å². The summed E-state index contributed by atoms with van der Waals surface area (Å²) in [7, 11) is 0. The summed E-state index contributed by atoms with van der Waals surface area (Å²) in [6.45, 7) is 2.15. The Morgan fingerprint density at radius 2 is 2.14 bits per heavy atom. The number of carbonyl (C=O) groups excluding carboxylic acids is 2. The molecule has 1 saturated heterocycles. The van der Waals surface area contributed by atoms with Gasteiger partial charge in [-0.3, -0.25) is 9.59 Å². The number of amides is 2. The maximum absolute atomic E-state index is 12.9. The average molecular weight is 303 g/mol. The fraction of sp³-hybridized carbons (Fsp3) is 0.267. The summed E-state index contributed by atoms with van der Waals surface area (Å²) in [5.74, 6) is -0.506. The smallest absolute Gasteiger partial charge is 0.274 e. The second kappa shape index (κ2) is 5.59. The number of anilines is 1. The van der Waals surface area contributed by atoms with E-state index >= 15 is 0 Å². The van der Waals surface area contributed by atoms with Crippen LogP contribution < -0.4 is 10.2 Å². The van der Waals surface area contributed by atoms with Gasteiger partial charge >= 0.3 is 0 Å². The van der Waals surface area contributed by atoms with E-state index in [0.717, 1.165) is 0 Å². The number of aromatic nitrogens is 1. The summed E-state index contributed by atoms with van der Waals surface area (Å²) >= 11 is 0. The number of hydrogen-bond donors (Lipinski definition) is 1. The summed E-state index contributed by atoms with van der Waals surface area (Å²) in [5, 5.41) is 6.26. The van der Waals surface area contributed by atoms with Gasteiger partial charge in [0.1, 0.15) is 17.6 Å². The molecule has 1 aliphatic heterocycles. The minimum Gasteiger partial charge on any atom is -0.361 e. The molecule has 2 aromatic rings. The van der Waals surface area contributed by atoms with Gasteiger partial charge in [-0.05, 0) is 37.6 Å². The lowest BCUT2D eigenvalue weighted by Crippen LogP contribution is -2.41. The summed E-state index contributed by atoms with van der Waals surface area (Å²) in [6.07, 6.45) is 0.485. The van der Waals surface area contributed by atoms with Crippen LogP contribution in [0, 0.1) is 12.7 Å². The molecule has 114 valence electrons. The number of carbonyl (C=O) groups is 2. The van der Waals surface area contributed by atoms with Gasteiger partial charge in [-0.25, -0.2) is 4.39 Å². The van der Waals surface area contributed by atoms with E-state index in [2.05, 4.69) is 10.5 Å². The molecule has 0 unspecified atom stereocenters. The van der Waals surface area contributed by atoms with Crippen LogP contribution in [-0.2, 0) is 4.79 Å². The van der Waals surface area contributed by atoms with Crippen molar-refractivity contribution in [3.8, 4) is 0 Å². The molecule has 1 N–H and O–H groups in total. The number of hydrogen-bond acceptors (Lipinski definition) is 4. The maximum atomic E-state index is 12.9. The molecule has 2 amide bonds. The highest BCUT2D eigenvalue weighted by molar-refractivity contribution is 6.03. The highest BCUT2D eigenvalue weighted by Gasteiger charge is 2.34. The van der Waals surface area contributed by atoms with Crippen molar-refractivity contribution in [1.82, 2.24) is 10.5 Å². The SMILES string of the molecule is Cc1cc(C(=O)N[C@@H]2CCN(c3ccc(F)cc3)C2=O)no1. The Labute approximate surface area is 125 Å². The summed E-state index contributed by atoms with van der Waals surface area (Å²) in [5.41, 5.74) is 0.756. The Balaban J connectivity index is 1.68. The van der Waals surface area contributed by atoms with Gasteiger partial charge in [0.25, 0.3) is 5.91 Å². The first-order valence-corrected chi connectivity index (χ1v) is 6.86. The van der Waals surface area contributed by atoms with Crippen molar-refractivity contribution >= 4 is 17.5 Å². The highest BCUT2D eigenvalue weighted by Crippen LogP contribution is 2.22. The predicted molar refractivity (Wildman–Crippen MR) is 75.9 cm³/mol. The fourth-order valence-corrected chi connectivity index (χ4v) is 2.40. The van der Waals surface area contributed by atoms with Crippen molar-refractivity contribution in [3.63, 3.8) is 0 Å². The monoisotopic (exact) mass is 303 g/mol. The van der Waals surface area contributed by atoms with E-state index < -0.39 is 11.9 Å². The molecule has 0 aliphatic carbocycles. The molecule has 3 rings (SSSR count). The number of nitrogens with one attached hydrogen (secondary N) is 1. The largest absolute Gasteiger partial charge is 0.361 e. The molecule has 22 heavy (non-hydrogen) atoms. The normalized spacial score (nSPS) is 17.8. The third kappa shape index (κ3) is 2.69. The van der Waals surface area contributed by atoms with Crippen molar-refractivity contribution in [2.75, 3.05) is 11.4 Å². The van der Waals surface area contributed by atoms with Crippen LogP contribution in [0.3, 0.4) is 0 Å². The standard InChI is InChI=1S/C15H14FN3O3/c1-9-8-13(18-22-9)14(20)17-12-6-7-19(15(12)21)11-4-2-10(16)3-5-11/h2-5,8,12H,6-7H2,1H3,(H,17,20)/t12-/m1/s1. The minimum absolute atomic E-state index is 0.144. The third-order valence-electron chi connectivity index (χ3n) is 3.51. The van der Waals surface area contributed by atoms with Gasteiger partial charge in [-0.15, -0.1) is 0 Å². The molecule has 7 heteroatoms. The van der Waals surface area contributed by atoms with Crippen LogP contribution >= 0.6 is 0 Å². The molecule has 1 aromatic heterocycles. The molecule has 6 nitrogen and oxygen atoms in total. The number of benzene rings is 1. The predicted octanol–water partition coefficient (Wildman–Crippen LogP) is 1.66. The third-order valence-corrected chi connectivity index (χ3v) is 3.51. The van der Waals surface area contributed by atoms with E-state index in [1.807, 2.05) is 0 Å². The Hall–Kier alpha value is -2.70. The first-order valence-electron chi connectivity index (χ1n) is 6.86. The van der Waals surface area contributed by atoms with Crippen molar-refractivity contribution in [2.45, 2.75) is 19.4 Å². The van der Waals surface area contributed by atoms with E-state index in [0.29, 0.717) is 24.4 Å². The fourth-order valence-electron chi connectivity index (χ4n) is 2.40. The van der Waals surface area contributed by atoms with E-state index in [1.54, 1.807) is 19.1 Å². The lowest BCUT2D eigenvalue weighted by atomic mass is 10.2. The molecule has 1 aromatic carbocycles. The van der Waals surface area contributed by atoms with Crippen LogP contribution in [0.5, 0.6) is 0 Å². The number of aryl methyl sites for hydroxylation is 1. The van der Waals surface area contributed by atoms with Crippen LogP contribution in [0.1, 0.15) is 22.7 Å². The van der Waals surface area contributed by atoms with Crippen LogP contribution in [-0.4, -0.2) is 29.6 Å².